The molecule has 0 spiro atoms. The highest BCUT2D eigenvalue weighted by Gasteiger charge is 2.39. The van der Waals surface area contributed by atoms with Gasteiger partial charge in [0.15, 0.2) is 0 Å². The largest absolute Gasteiger partial charge is 0.465 e. The van der Waals surface area contributed by atoms with Gasteiger partial charge in [-0.2, -0.15) is 4.72 Å². The molecule has 1 fully saturated rings. The highest BCUT2D eigenvalue weighted by molar-refractivity contribution is 7.96. The zero-order valence-electron chi connectivity index (χ0n) is 20.4. The number of hydrogen-bond donors (Lipinski definition) is 1. The predicted molar refractivity (Wildman–Crippen MR) is 133 cm³/mol. The Hall–Kier alpha value is -1.71. The molecule has 1 aliphatic rings. The third kappa shape index (κ3) is 7.13. The number of nitrogens with zero attached hydrogens (tertiary/aromatic N) is 1. The lowest BCUT2D eigenvalue weighted by Gasteiger charge is -2.32. The summed E-state index contributed by atoms with van der Waals surface area (Å²) >= 11 is 0. The van der Waals surface area contributed by atoms with Crippen molar-refractivity contribution in [1.82, 2.24) is 4.72 Å². The van der Waals surface area contributed by atoms with Crippen LogP contribution in [0, 0.1) is 5.92 Å². The molecule has 186 valence electrons. The molecule has 0 radical (unpaired) electrons. The summed E-state index contributed by atoms with van der Waals surface area (Å²) in [6, 6.07) is 7.93. The summed E-state index contributed by atoms with van der Waals surface area (Å²) in [7, 11) is -5.18. The van der Waals surface area contributed by atoms with Crippen LogP contribution in [0.1, 0.15) is 66.2 Å². The maximum absolute atomic E-state index is 13.8. The fourth-order valence-electron chi connectivity index (χ4n) is 3.86. The van der Waals surface area contributed by atoms with Crippen molar-refractivity contribution in [3.8, 4) is 0 Å². The minimum Gasteiger partial charge on any atom is -0.465 e. The lowest BCUT2D eigenvalue weighted by molar-refractivity contribution is -0.146. The second kappa shape index (κ2) is 11.6. The zero-order chi connectivity index (χ0) is 24.7. The van der Waals surface area contributed by atoms with E-state index in [4.69, 9.17) is 4.74 Å². The first-order valence-electron chi connectivity index (χ1n) is 11.5. The normalized spacial score (nSPS) is 22.0. The van der Waals surface area contributed by atoms with Gasteiger partial charge in [-0.1, -0.05) is 43.0 Å². The highest BCUT2D eigenvalue weighted by atomic mass is 32.2. The number of nitrogens with one attached hydrogen (secondary N) is 1. The Kier molecular flexibility index (Phi) is 9.70. The molecule has 0 heterocycles. The first kappa shape index (κ1) is 27.5. The minimum atomic E-state index is -3.83. The molecule has 1 aliphatic carbocycles. The maximum Gasteiger partial charge on any atom is 0.324 e. The smallest absolute Gasteiger partial charge is 0.324 e. The van der Waals surface area contributed by atoms with Crippen molar-refractivity contribution in [3.63, 3.8) is 0 Å². The predicted octanol–water partition coefficient (Wildman–Crippen LogP) is 4.65. The van der Waals surface area contributed by atoms with Crippen LogP contribution in [0.2, 0.25) is 0 Å². The molecule has 1 aromatic rings. The Morgan fingerprint density at radius 1 is 1.15 bits per heavy atom. The molecule has 33 heavy (non-hydrogen) atoms. The topological polar surface area (TPSA) is 102 Å². The molecule has 1 unspecified atom stereocenters. The summed E-state index contributed by atoms with van der Waals surface area (Å²) in [6.07, 6.45) is 4.95. The van der Waals surface area contributed by atoms with Gasteiger partial charge in [0.1, 0.15) is 6.04 Å². The Bertz CT molecular complexity index is 1050. The van der Waals surface area contributed by atoms with E-state index in [9.17, 15) is 17.4 Å². The van der Waals surface area contributed by atoms with E-state index in [2.05, 4.69) is 9.08 Å². The lowest BCUT2D eigenvalue weighted by Crippen LogP contribution is -2.52. The van der Waals surface area contributed by atoms with Crippen LogP contribution in [0.25, 0.3) is 0 Å². The Balaban J connectivity index is 2.62. The fourth-order valence-corrected chi connectivity index (χ4v) is 6.51. The Morgan fingerprint density at radius 3 is 2.36 bits per heavy atom. The first-order valence-corrected chi connectivity index (χ1v) is 14.6. The number of sulfonamides is 1. The quantitative estimate of drug-likeness (QED) is 0.552. The molecule has 1 aromatic carbocycles. The van der Waals surface area contributed by atoms with Crippen LogP contribution >= 0.6 is 0 Å². The summed E-state index contributed by atoms with van der Waals surface area (Å²) in [4.78, 5) is 13.6. The summed E-state index contributed by atoms with van der Waals surface area (Å²) in [6.45, 7) is 6.60. The van der Waals surface area contributed by atoms with Crippen LogP contribution < -0.4 is 4.72 Å². The Labute approximate surface area is 199 Å². The molecule has 0 amide bonds. The van der Waals surface area contributed by atoms with Crippen LogP contribution in [-0.4, -0.2) is 43.0 Å². The van der Waals surface area contributed by atoms with Gasteiger partial charge in [-0.25, -0.2) is 17.0 Å². The van der Waals surface area contributed by atoms with Gasteiger partial charge in [0.25, 0.3) is 0 Å². The van der Waals surface area contributed by atoms with E-state index in [1.54, 1.807) is 45.2 Å². The molecule has 3 atom stereocenters. The van der Waals surface area contributed by atoms with Crippen LogP contribution in [0.5, 0.6) is 0 Å². The second-order valence-electron chi connectivity index (χ2n) is 9.28. The van der Waals surface area contributed by atoms with Gasteiger partial charge < -0.3 is 4.74 Å². The second-order valence-corrected chi connectivity index (χ2v) is 14.0. The van der Waals surface area contributed by atoms with Gasteiger partial charge in [0.05, 0.1) is 26.0 Å². The molecule has 0 aromatic heterocycles. The van der Waals surface area contributed by atoms with E-state index in [1.807, 2.05) is 18.2 Å². The summed E-state index contributed by atoms with van der Waals surface area (Å²) in [5, 5.41) is 1.68. The van der Waals surface area contributed by atoms with Crippen molar-refractivity contribution in [2.75, 3.05) is 13.7 Å². The highest BCUT2D eigenvalue weighted by Crippen LogP contribution is 2.33. The monoisotopic (exact) mass is 498 g/mol. The van der Waals surface area contributed by atoms with Crippen molar-refractivity contribution in [2.45, 2.75) is 81.9 Å². The van der Waals surface area contributed by atoms with Gasteiger partial charge in [0.2, 0.25) is 10.0 Å². The summed E-state index contributed by atoms with van der Waals surface area (Å²) < 4.78 is 50.9. The lowest BCUT2D eigenvalue weighted by atomic mass is 9.83. The number of rotatable bonds is 7. The van der Waals surface area contributed by atoms with Crippen molar-refractivity contribution >= 4 is 25.7 Å². The third-order valence-electron chi connectivity index (χ3n) is 5.90. The first-order chi connectivity index (χ1) is 15.4. The Morgan fingerprint density at radius 2 is 1.79 bits per heavy atom. The molecular formula is C24H38N2O5S2. The molecule has 0 saturated heterocycles. The van der Waals surface area contributed by atoms with Crippen LogP contribution in [0.3, 0.4) is 0 Å². The number of benzene rings is 1. The number of carbonyl (C=O) groups is 1. The van der Waals surface area contributed by atoms with Crippen LogP contribution in [-0.2, 0) is 29.3 Å². The molecule has 1 saturated carbocycles. The van der Waals surface area contributed by atoms with E-state index < -0.39 is 42.4 Å². The standard InChI is InChI=1S/C24H38N2O5S2/c1-6-31-23(27)22(26-33(29,30)24(2,3)4)21-17-13-8-7-10-14-19(21)18-32(28,25-5)20-15-11-9-12-16-20/h9,11-12,15-16,18,21-22,26H,6-8,10,13-14,17H2,1-5H3/b19-18+/t21-,22+,32?/m1/s1. The van der Waals surface area contributed by atoms with Crippen LogP contribution in [0.4, 0.5) is 0 Å². The number of esters is 1. The summed E-state index contributed by atoms with van der Waals surface area (Å²) in [5.41, 5.74) is 0.795. The SMILES string of the molecule is CCOC(=O)[C@@H](NS(=O)(=O)C(C)(C)C)[C@@H]1CCCCCC/C1=C\S(=O)(=NC)c1ccccc1. The zero-order valence-corrected chi connectivity index (χ0v) is 22.0. The van der Waals surface area contributed by atoms with Crippen molar-refractivity contribution < 1.29 is 22.2 Å². The molecule has 0 bridgehead atoms. The van der Waals surface area contributed by atoms with Gasteiger partial charge in [-0.15, -0.1) is 0 Å². The average molecular weight is 499 g/mol. The van der Waals surface area contributed by atoms with E-state index in [0.717, 1.165) is 31.3 Å². The van der Waals surface area contributed by atoms with E-state index >= 15 is 0 Å². The summed E-state index contributed by atoms with van der Waals surface area (Å²) in [5.74, 6) is -1.07. The van der Waals surface area contributed by atoms with E-state index in [-0.39, 0.29) is 6.61 Å². The van der Waals surface area contributed by atoms with Crippen molar-refractivity contribution in [1.29, 1.82) is 0 Å². The molecule has 7 nitrogen and oxygen atoms in total. The van der Waals surface area contributed by atoms with E-state index in [1.165, 1.54) is 7.05 Å². The molecule has 0 aliphatic heterocycles. The number of ether oxygens (including phenoxy) is 1. The maximum atomic E-state index is 13.8. The van der Waals surface area contributed by atoms with Crippen LogP contribution in [0.15, 0.2) is 50.6 Å². The van der Waals surface area contributed by atoms with Crippen molar-refractivity contribution in [2.24, 2.45) is 10.3 Å². The average Bonchev–Trinajstić information content (AvgIpc) is 2.74. The molecule has 9 heteroatoms. The number of hydrogen-bond acceptors (Lipinski definition) is 6. The number of carbonyl (C=O) groups excluding carboxylic acids is 1. The fraction of sp³-hybridized carbons (Fsp3) is 0.625. The van der Waals surface area contributed by atoms with Gasteiger partial charge >= 0.3 is 5.97 Å². The molecule has 1 N–H and O–H groups in total. The van der Waals surface area contributed by atoms with E-state index in [0.29, 0.717) is 17.7 Å². The van der Waals surface area contributed by atoms with Gasteiger partial charge in [-0.05, 0) is 59.1 Å². The van der Waals surface area contributed by atoms with Gasteiger partial charge in [-0.3, -0.25) is 4.79 Å². The molecular weight excluding hydrogens is 460 g/mol. The minimum absolute atomic E-state index is 0.142. The third-order valence-corrected chi connectivity index (χ3v) is 10.2. The van der Waals surface area contributed by atoms with Gasteiger partial charge in [0, 0.05) is 18.4 Å². The van der Waals surface area contributed by atoms with Crippen molar-refractivity contribution in [3.05, 3.63) is 41.3 Å². The molecule has 2 rings (SSSR count).